The Morgan fingerprint density at radius 1 is 1.23 bits per heavy atom. The zero-order valence-electron chi connectivity index (χ0n) is 16.5. The molecule has 0 spiro atoms. The number of pyridine rings is 1. The third kappa shape index (κ3) is 3.84. The third-order valence-electron chi connectivity index (χ3n) is 5.36. The maximum Gasteiger partial charge on any atom is 0.350 e. The van der Waals surface area contributed by atoms with E-state index >= 15 is 0 Å². The summed E-state index contributed by atoms with van der Waals surface area (Å²) in [5.41, 5.74) is 1.13. The number of amides is 1. The summed E-state index contributed by atoms with van der Waals surface area (Å²) in [5.74, 6) is 0.366. The van der Waals surface area contributed by atoms with Crippen molar-refractivity contribution in [3.05, 3.63) is 58.1 Å². The van der Waals surface area contributed by atoms with Crippen LogP contribution in [0.5, 0.6) is 0 Å². The van der Waals surface area contributed by atoms with Gasteiger partial charge >= 0.3 is 5.69 Å². The zero-order valence-corrected chi connectivity index (χ0v) is 17.2. The smallest absolute Gasteiger partial charge is 0.350 e. The first-order valence-electron chi connectivity index (χ1n) is 10.1. The molecule has 3 aromatic heterocycles. The Labute approximate surface area is 181 Å². The molecule has 1 aliphatic carbocycles. The molecule has 1 aliphatic rings. The molecular weight excluding hydrogens is 420 g/mol. The molecule has 1 amide bonds. The van der Waals surface area contributed by atoms with Gasteiger partial charge < -0.3 is 9.84 Å². The molecule has 0 bridgehead atoms. The highest BCUT2D eigenvalue weighted by atomic mass is 35.5. The minimum absolute atomic E-state index is 0.145. The van der Waals surface area contributed by atoms with E-state index < -0.39 is 5.69 Å². The van der Waals surface area contributed by atoms with Crippen LogP contribution in [0.4, 0.5) is 0 Å². The number of benzene rings is 1. The van der Waals surface area contributed by atoms with Crippen LogP contribution in [0.3, 0.4) is 0 Å². The first kappa shape index (κ1) is 19.5. The summed E-state index contributed by atoms with van der Waals surface area (Å²) >= 11 is 6.04. The normalized spacial score (nSPS) is 14.4. The topological polar surface area (TPSA) is 107 Å². The lowest BCUT2D eigenvalue weighted by molar-refractivity contribution is -0.122. The number of nitrogens with one attached hydrogen (secondary N) is 1. The molecule has 10 heteroatoms. The Morgan fingerprint density at radius 2 is 2.06 bits per heavy atom. The fraction of sp³-hybridized carbons (Fsp3) is 0.286. The molecule has 0 radical (unpaired) electrons. The molecule has 0 saturated heterocycles. The average Bonchev–Trinajstić information content (AvgIpc) is 3.50. The van der Waals surface area contributed by atoms with Crippen molar-refractivity contribution in [3.8, 4) is 22.8 Å². The van der Waals surface area contributed by atoms with Crippen molar-refractivity contribution in [2.75, 3.05) is 0 Å². The highest BCUT2D eigenvalue weighted by Crippen LogP contribution is 2.25. The van der Waals surface area contributed by atoms with Crippen LogP contribution in [-0.4, -0.2) is 36.3 Å². The monoisotopic (exact) mass is 438 g/mol. The molecule has 1 saturated carbocycles. The number of carbonyl (C=O) groups excluding carboxylic acids is 1. The summed E-state index contributed by atoms with van der Waals surface area (Å²) in [5, 5.41) is 11.9. The van der Waals surface area contributed by atoms with Gasteiger partial charge in [0.1, 0.15) is 6.54 Å². The highest BCUT2D eigenvalue weighted by molar-refractivity contribution is 6.30. The molecule has 1 fully saturated rings. The maximum absolute atomic E-state index is 12.8. The zero-order chi connectivity index (χ0) is 21.4. The van der Waals surface area contributed by atoms with Gasteiger partial charge in [-0.3, -0.25) is 4.79 Å². The van der Waals surface area contributed by atoms with Crippen LogP contribution in [0.25, 0.3) is 28.5 Å². The summed E-state index contributed by atoms with van der Waals surface area (Å²) in [6.45, 7) is -0.145. The van der Waals surface area contributed by atoms with Gasteiger partial charge in [0.25, 0.3) is 5.89 Å². The van der Waals surface area contributed by atoms with Gasteiger partial charge in [0.15, 0.2) is 5.65 Å². The van der Waals surface area contributed by atoms with E-state index in [0.717, 1.165) is 30.4 Å². The molecular formula is C21H19ClN6O3. The number of hydrogen-bond acceptors (Lipinski definition) is 6. The molecule has 0 atom stereocenters. The van der Waals surface area contributed by atoms with E-state index in [9.17, 15) is 9.59 Å². The Balaban J connectivity index is 1.46. The van der Waals surface area contributed by atoms with Crippen molar-refractivity contribution >= 4 is 23.2 Å². The number of halogens is 1. The molecule has 1 N–H and O–H groups in total. The van der Waals surface area contributed by atoms with E-state index in [2.05, 4.69) is 20.6 Å². The van der Waals surface area contributed by atoms with E-state index in [1.54, 1.807) is 36.5 Å². The van der Waals surface area contributed by atoms with Crippen LogP contribution in [0.1, 0.15) is 25.7 Å². The predicted molar refractivity (Wildman–Crippen MR) is 114 cm³/mol. The van der Waals surface area contributed by atoms with Gasteiger partial charge in [-0.2, -0.15) is 4.98 Å². The summed E-state index contributed by atoms with van der Waals surface area (Å²) in [6, 6.07) is 10.7. The van der Waals surface area contributed by atoms with Crippen molar-refractivity contribution < 1.29 is 9.32 Å². The molecule has 31 heavy (non-hydrogen) atoms. The second-order valence-electron chi connectivity index (χ2n) is 7.54. The second-order valence-corrected chi connectivity index (χ2v) is 7.97. The van der Waals surface area contributed by atoms with Crippen molar-refractivity contribution in [1.29, 1.82) is 0 Å². The van der Waals surface area contributed by atoms with E-state index in [1.807, 2.05) is 6.07 Å². The number of fused-ring (bicyclic) bond motifs is 1. The van der Waals surface area contributed by atoms with E-state index in [4.69, 9.17) is 16.1 Å². The van der Waals surface area contributed by atoms with Gasteiger partial charge in [-0.15, -0.1) is 5.10 Å². The van der Waals surface area contributed by atoms with E-state index in [1.165, 1.54) is 4.40 Å². The van der Waals surface area contributed by atoms with Crippen LogP contribution < -0.4 is 11.0 Å². The second kappa shape index (κ2) is 7.99. The number of nitrogens with zero attached hydrogens (tertiary/aromatic N) is 5. The Hall–Kier alpha value is -3.46. The number of rotatable bonds is 5. The van der Waals surface area contributed by atoms with E-state index in [0.29, 0.717) is 27.6 Å². The van der Waals surface area contributed by atoms with Crippen LogP contribution in [-0.2, 0) is 11.3 Å². The largest absolute Gasteiger partial charge is 0.352 e. The fourth-order valence-electron chi connectivity index (χ4n) is 3.87. The number of carbonyl (C=O) groups is 1. The average molecular weight is 439 g/mol. The van der Waals surface area contributed by atoms with Gasteiger partial charge in [0.05, 0.1) is 5.56 Å². The van der Waals surface area contributed by atoms with Crippen LogP contribution in [0.15, 0.2) is 51.9 Å². The summed E-state index contributed by atoms with van der Waals surface area (Å²) in [7, 11) is 0. The number of hydrogen-bond donors (Lipinski definition) is 1. The quantitative estimate of drug-likeness (QED) is 0.513. The summed E-state index contributed by atoms with van der Waals surface area (Å²) in [6.07, 6.45) is 5.77. The predicted octanol–water partition coefficient (Wildman–Crippen LogP) is 2.93. The highest BCUT2D eigenvalue weighted by Gasteiger charge is 2.21. The molecule has 3 heterocycles. The molecule has 0 unspecified atom stereocenters. The lowest BCUT2D eigenvalue weighted by Gasteiger charge is -2.10. The SMILES string of the molecule is O=C(Cn1nc2c(-c3nc(-c4cccc(Cl)c4)no3)cccn2c1=O)NC1CCCC1. The molecule has 4 aromatic rings. The standard InChI is InChI=1S/C21H19ClN6O3/c22-14-6-3-5-13(11-14)18-24-20(31-26-18)16-9-4-10-27-19(16)25-28(21(27)30)12-17(29)23-15-7-1-2-8-15/h3-6,9-11,15H,1-2,7-8,12H2,(H,23,29). The van der Waals surface area contributed by atoms with Crippen molar-refractivity contribution in [1.82, 2.24) is 29.6 Å². The Bertz CT molecular complexity index is 1320. The lowest BCUT2D eigenvalue weighted by atomic mass is 10.2. The van der Waals surface area contributed by atoms with E-state index in [-0.39, 0.29) is 24.4 Å². The molecule has 158 valence electrons. The van der Waals surface area contributed by atoms with Gasteiger partial charge in [0, 0.05) is 22.8 Å². The lowest BCUT2D eigenvalue weighted by Crippen LogP contribution is -2.37. The maximum atomic E-state index is 12.8. The minimum atomic E-state index is -0.409. The molecule has 1 aromatic carbocycles. The first-order valence-corrected chi connectivity index (χ1v) is 10.4. The minimum Gasteiger partial charge on any atom is -0.352 e. The van der Waals surface area contributed by atoms with Gasteiger partial charge in [-0.25, -0.2) is 13.9 Å². The third-order valence-corrected chi connectivity index (χ3v) is 5.60. The first-order chi connectivity index (χ1) is 15.1. The molecule has 0 aliphatic heterocycles. The Kier molecular flexibility index (Phi) is 5.03. The van der Waals surface area contributed by atoms with Crippen LogP contribution in [0, 0.1) is 0 Å². The summed E-state index contributed by atoms with van der Waals surface area (Å²) in [4.78, 5) is 29.5. The van der Waals surface area contributed by atoms with Gasteiger partial charge in [0.2, 0.25) is 11.7 Å². The van der Waals surface area contributed by atoms with Gasteiger partial charge in [-0.05, 0) is 37.1 Å². The van der Waals surface area contributed by atoms with Gasteiger partial charge in [-0.1, -0.05) is 41.7 Å². The fourth-order valence-corrected chi connectivity index (χ4v) is 4.06. The van der Waals surface area contributed by atoms with Crippen molar-refractivity contribution in [2.24, 2.45) is 0 Å². The Morgan fingerprint density at radius 3 is 2.87 bits per heavy atom. The molecule has 9 nitrogen and oxygen atoms in total. The molecule has 5 rings (SSSR count). The van der Waals surface area contributed by atoms with Crippen molar-refractivity contribution in [2.45, 2.75) is 38.3 Å². The van der Waals surface area contributed by atoms with Crippen LogP contribution in [0.2, 0.25) is 5.02 Å². The summed E-state index contributed by atoms with van der Waals surface area (Å²) < 4.78 is 7.94. The van der Waals surface area contributed by atoms with Crippen LogP contribution >= 0.6 is 11.6 Å². The number of aromatic nitrogens is 5. The van der Waals surface area contributed by atoms with Crippen molar-refractivity contribution in [3.63, 3.8) is 0 Å².